The molecule has 2 aromatic carbocycles. The van der Waals surface area contributed by atoms with E-state index in [9.17, 15) is 0 Å². The first-order chi connectivity index (χ1) is 13.7. The fraction of sp³-hybridized carbons (Fsp3) is 0.571. The molecule has 0 aliphatic heterocycles. The third kappa shape index (κ3) is 5.59. The first-order valence-electron chi connectivity index (χ1n) is 11.1. The van der Waals surface area contributed by atoms with Crippen molar-refractivity contribution >= 4 is 0 Å². The zero-order valence-electron chi connectivity index (χ0n) is 21.1. The summed E-state index contributed by atoms with van der Waals surface area (Å²) in [5.41, 5.74) is 6.79. The molecule has 0 N–H and O–H groups in total. The average molecular weight is 411 g/mol. The Kier molecular flexibility index (Phi) is 7.01. The monoisotopic (exact) mass is 410 g/mol. The Morgan fingerprint density at radius 3 is 1.53 bits per heavy atom. The molecule has 0 saturated carbocycles. The van der Waals surface area contributed by atoms with Gasteiger partial charge in [0.25, 0.3) is 0 Å². The molecule has 0 saturated heterocycles. The fourth-order valence-electron chi connectivity index (χ4n) is 4.07. The molecule has 0 spiro atoms. The van der Waals surface area contributed by atoms with Gasteiger partial charge in [-0.05, 0) is 69.0 Å². The van der Waals surface area contributed by atoms with Crippen molar-refractivity contribution in [3.05, 3.63) is 58.1 Å². The van der Waals surface area contributed by atoms with Crippen molar-refractivity contribution in [2.24, 2.45) is 0 Å². The second kappa shape index (κ2) is 8.65. The van der Waals surface area contributed by atoms with Gasteiger partial charge in [-0.1, -0.05) is 80.5 Å². The Hall–Kier alpha value is -1.96. The normalized spacial score (nSPS) is 12.8. The predicted octanol–water partition coefficient (Wildman–Crippen LogP) is 7.38. The van der Waals surface area contributed by atoms with Gasteiger partial charge < -0.3 is 9.47 Å². The molecule has 0 unspecified atom stereocenters. The molecule has 0 bridgehead atoms. The first kappa shape index (κ1) is 24.3. The van der Waals surface area contributed by atoms with E-state index in [-0.39, 0.29) is 16.2 Å². The molecule has 0 fully saturated rings. The van der Waals surface area contributed by atoms with Crippen LogP contribution in [0.25, 0.3) is 0 Å². The van der Waals surface area contributed by atoms with Gasteiger partial charge in [-0.15, -0.1) is 0 Å². The molecule has 2 aromatic rings. The van der Waals surface area contributed by atoms with Gasteiger partial charge in [-0.3, -0.25) is 0 Å². The molecule has 30 heavy (non-hydrogen) atoms. The van der Waals surface area contributed by atoms with Gasteiger partial charge in [0.15, 0.2) is 0 Å². The number of hydrogen-bond acceptors (Lipinski definition) is 2. The molecule has 0 heterocycles. The highest BCUT2D eigenvalue weighted by Crippen LogP contribution is 2.38. The van der Waals surface area contributed by atoms with Crippen LogP contribution in [0.4, 0.5) is 0 Å². The largest absolute Gasteiger partial charge is 0.496 e. The van der Waals surface area contributed by atoms with E-state index in [4.69, 9.17) is 9.47 Å². The van der Waals surface area contributed by atoms with Gasteiger partial charge in [0.1, 0.15) is 11.5 Å². The Morgan fingerprint density at radius 1 is 0.567 bits per heavy atom. The van der Waals surface area contributed by atoms with Gasteiger partial charge in [0.2, 0.25) is 0 Å². The zero-order valence-corrected chi connectivity index (χ0v) is 21.1. The van der Waals surface area contributed by atoms with Gasteiger partial charge >= 0.3 is 0 Å². The van der Waals surface area contributed by atoms with Crippen LogP contribution in [0.5, 0.6) is 11.5 Å². The minimum absolute atomic E-state index is 0.0417. The number of aryl methyl sites for hydroxylation is 2. The third-order valence-electron chi connectivity index (χ3n) is 5.80. The Bertz CT molecular complexity index is 871. The van der Waals surface area contributed by atoms with Crippen LogP contribution in [-0.2, 0) is 29.1 Å². The van der Waals surface area contributed by atoms with Crippen molar-refractivity contribution in [2.75, 3.05) is 14.2 Å². The van der Waals surface area contributed by atoms with E-state index in [0.29, 0.717) is 0 Å². The molecule has 2 heteroatoms. The summed E-state index contributed by atoms with van der Waals surface area (Å²) in [4.78, 5) is 0. The van der Waals surface area contributed by atoms with E-state index in [2.05, 4.69) is 92.6 Å². The van der Waals surface area contributed by atoms with Crippen LogP contribution in [0.1, 0.15) is 90.1 Å². The second-order valence-corrected chi connectivity index (χ2v) is 11.5. The lowest BCUT2D eigenvalue weighted by Gasteiger charge is -2.29. The van der Waals surface area contributed by atoms with Crippen LogP contribution in [-0.4, -0.2) is 14.2 Å². The summed E-state index contributed by atoms with van der Waals surface area (Å²) in [5, 5.41) is 0. The molecular weight excluding hydrogens is 368 g/mol. The predicted molar refractivity (Wildman–Crippen MR) is 129 cm³/mol. The van der Waals surface area contributed by atoms with Crippen molar-refractivity contribution in [3.8, 4) is 11.5 Å². The van der Waals surface area contributed by atoms with Crippen molar-refractivity contribution in [1.82, 2.24) is 0 Å². The number of rotatable bonds is 5. The SMILES string of the molecule is COc1cc(CCc2cc(OC)c(C(C)(C)C)cc2C(C)(C)C)ccc1C(C)(C)C. The van der Waals surface area contributed by atoms with Gasteiger partial charge in [0.05, 0.1) is 14.2 Å². The maximum atomic E-state index is 5.80. The van der Waals surface area contributed by atoms with Crippen LogP contribution in [0.3, 0.4) is 0 Å². The highest BCUT2D eigenvalue weighted by atomic mass is 16.5. The van der Waals surface area contributed by atoms with Gasteiger partial charge in [-0.2, -0.15) is 0 Å². The minimum Gasteiger partial charge on any atom is -0.496 e. The molecular formula is C28H42O2. The van der Waals surface area contributed by atoms with Crippen molar-refractivity contribution in [1.29, 1.82) is 0 Å². The lowest BCUT2D eigenvalue weighted by Crippen LogP contribution is -2.20. The van der Waals surface area contributed by atoms with E-state index >= 15 is 0 Å². The minimum atomic E-state index is 0.0417. The molecule has 166 valence electrons. The summed E-state index contributed by atoms with van der Waals surface area (Å²) in [6.45, 7) is 20.3. The number of hydrogen-bond donors (Lipinski definition) is 0. The summed E-state index contributed by atoms with van der Waals surface area (Å²) < 4.78 is 11.5. The molecule has 0 atom stereocenters. The Labute approximate surface area is 185 Å². The highest BCUT2D eigenvalue weighted by Gasteiger charge is 2.26. The van der Waals surface area contributed by atoms with E-state index in [0.717, 1.165) is 24.3 Å². The Morgan fingerprint density at radius 2 is 1.07 bits per heavy atom. The molecule has 0 radical (unpaired) electrons. The van der Waals surface area contributed by atoms with Crippen LogP contribution < -0.4 is 9.47 Å². The molecule has 0 amide bonds. The summed E-state index contributed by atoms with van der Waals surface area (Å²) in [5.74, 6) is 1.97. The van der Waals surface area contributed by atoms with E-state index < -0.39 is 0 Å². The smallest absolute Gasteiger partial charge is 0.122 e. The van der Waals surface area contributed by atoms with Crippen molar-refractivity contribution in [3.63, 3.8) is 0 Å². The van der Waals surface area contributed by atoms with Crippen molar-refractivity contribution < 1.29 is 9.47 Å². The maximum absolute atomic E-state index is 5.80. The van der Waals surface area contributed by atoms with Crippen LogP contribution in [0.2, 0.25) is 0 Å². The van der Waals surface area contributed by atoms with E-state index in [1.165, 1.54) is 27.8 Å². The standard InChI is InChI=1S/C28H42O2/c1-26(2,3)21-15-13-19(16-24(21)29-10)12-14-20-17-25(30-11)23(28(7,8)9)18-22(20)27(4,5)6/h13,15-18H,12,14H2,1-11H3. The molecule has 0 aromatic heterocycles. The zero-order chi connectivity index (χ0) is 22.9. The molecule has 0 aliphatic rings. The average Bonchev–Trinajstić information content (AvgIpc) is 2.62. The van der Waals surface area contributed by atoms with Gasteiger partial charge in [0, 0.05) is 0 Å². The number of ether oxygens (including phenoxy) is 2. The lowest BCUT2D eigenvalue weighted by molar-refractivity contribution is 0.395. The number of benzene rings is 2. The second-order valence-electron chi connectivity index (χ2n) is 11.5. The quantitative estimate of drug-likeness (QED) is 0.512. The summed E-state index contributed by atoms with van der Waals surface area (Å²) in [6.07, 6.45) is 1.95. The first-order valence-corrected chi connectivity index (χ1v) is 11.1. The van der Waals surface area contributed by atoms with E-state index in [1.54, 1.807) is 14.2 Å². The van der Waals surface area contributed by atoms with Crippen LogP contribution in [0, 0.1) is 0 Å². The summed E-state index contributed by atoms with van der Waals surface area (Å²) in [7, 11) is 3.54. The molecule has 2 rings (SSSR count). The number of methoxy groups -OCH3 is 2. The lowest BCUT2D eigenvalue weighted by atomic mass is 9.77. The third-order valence-corrected chi connectivity index (χ3v) is 5.80. The fourth-order valence-corrected chi connectivity index (χ4v) is 4.07. The highest BCUT2D eigenvalue weighted by molar-refractivity contribution is 5.49. The Balaban J connectivity index is 2.43. The van der Waals surface area contributed by atoms with E-state index in [1.807, 2.05) is 0 Å². The summed E-state index contributed by atoms with van der Waals surface area (Å²) >= 11 is 0. The van der Waals surface area contributed by atoms with Crippen molar-refractivity contribution in [2.45, 2.75) is 91.4 Å². The van der Waals surface area contributed by atoms with Crippen LogP contribution >= 0.6 is 0 Å². The topological polar surface area (TPSA) is 18.5 Å². The molecule has 0 aliphatic carbocycles. The molecule has 2 nitrogen and oxygen atoms in total. The summed E-state index contributed by atoms with van der Waals surface area (Å²) in [6, 6.07) is 11.3. The maximum Gasteiger partial charge on any atom is 0.122 e. The van der Waals surface area contributed by atoms with Crippen LogP contribution in [0.15, 0.2) is 30.3 Å². The van der Waals surface area contributed by atoms with Gasteiger partial charge in [-0.25, -0.2) is 0 Å².